The van der Waals surface area contributed by atoms with E-state index in [1.165, 1.54) is 11.8 Å². The molecule has 2 amide bonds. The summed E-state index contributed by atoms with van der Waals surface area (Å²) in [6, 6.07) is 11.1. The van der Waals surface area contributed by atoms with Gasteiger partial charge in [-0.2, -0.15) is 0 Å². The molecule has 1 aliphatic heterocycles. The number of aliphatic hydroxyl groups excluding tert-OH is 1. The minimum Gasteiger partial charge on any atom is -0.497 e. The second kappa shape index (κ2) is 12.1. The maximum Gasteiger partial charge on any atom is 0.326 e. The van der Waals surface area contributed by atoms with Gasteiger partial charge in [0.2, 0.25) is 11.8 Å². The summed E-state index contributed by atoms with van der Waals surface area (Å²) < 4.78 is 6.81. The number of aliphatic hydroxyl groups is 1. The Labute approximate surface area is 223 Å². The summed E-state index contributed by atoms with van der Waals surface area (Å²) in [5.41, 5.74) is 4.03. The third-order valence-corrected chi connectivity index (χ3v) is 6.52. The molecule has 0 unspecified atom stereocenters. The topological polar surface area (TPSA) is 158 Å². The monoisotopic (exact) mass is 545 g/mol. The van der Waals surface area contributed by atoms with E-state index in [4.69, 9.17) is 31.8 Å². The van der Waals surface area contributed by atoms with Crippen LogP contribution in [0.15, 0.2) is 42.5 Å². The summed E-state index contributed by atoms with van der Waals surface area (Å²) in [4.78, 5) is 47.4. The zero-order valence-electron chi connectivity index (χ0n) is 21.0. The van der Waals surface area contributed by atoms with Gasteiger partial charge in [-0.05, 0) is 55.0 Å². The Hall–Kier alpha value is -3.93. The maximum absolute atomic E-state index is 13.1. The first-order valence-electron chi connectivity index (χ1n) is 11.6. The number of aliphatic carboxylic acids is 1. The van der Waals surface area contributed by atoms with Crippen molar-refractivity contribution in [3.05, 3.63) is 64.3 Å². The minimum absolute atomic E-state index is 0.0626. The molecule has 0 spiro atoms. The molecule has 1 saturated heterocycles. The van der Waals surface area contributed by atoms with Crippen molar-refractivity contribution >= 4 is 46.2 Å². The van der Waals surface area contributed by atoms with Crippen LogP contribution in [0.4, 0.5) is 0 Å². The lowest BCUT2D eigenvalue weighted by molar-refractivity contribution is -0.147. The molecule has 2 aromatic carbocycles. The fourth-order valence-electron chi connectivity index (χ4n) is 4.39. The molecule has 3 aromatic rings. The van der Waals surface area contributed by atoms with Crippen LogP contribution in [0.2, 0.25) is 5.02 Å². The SMILES string of the molecule is CC(=O)N1C[C@H](O)C[C@H]1C(=O)O.COc1ccc2c(c1)c(CC(=O)NO)c(C)n2C(=O)c1ccc(Cl)cc1. The van der Waals surface area contributed by atoms with Gasteiger partial charge in [0.25, 0.3) is 5.91 Å². The lowest BCUT2D eigenvalue weighted by Gasteiger charge is -2.18. The van der Waals surface area contributed by atoms with Crippen molar-refractivity contribution in [3.63, 3.8) is 0 Å². The van der Waals surface area contributed by atoms with Crippen molar-refractivity contribution in [1.82, 2.24) is 14.9 Å². The number of carboxylic acids is 1. The molecule has 1 aliphatic rings. The largest absolute Gasteiger partial charge is 0.497 e. The van der Waals surface area contributed by atoms with Crippen molar-refractivity contribution in [2.24, 2.45) is 0 Å². The third kappa shape index (κ3) is 6.13. The number of rotatable bonds is 5. The normalized spacial score (nSPS) is 16.5. The Balaban J connectivity index is 0.000000279. The Morgan fingerprint density at radius 2 is 1.79 bits per heavy atom. The molecule has 2 atom stereocenters. The van der Waals surface area contributed by atoms with Crippen LogP contribution in [0.5, 0.6) is 5.75 Å². The predicted octanol–water partition coefficient (Wildman–Crippen LogP) is 2.40. The molecular formula is C26H28ClN3O8. The summed E-state index contributed by atoms with van der Waals surface area (Å²) in [5.74, 6) is -1.54. The van der Waals surface area contributed by atoms with Gasteiger partial charge >= 0.3 is 5.97 Å². The van der Waals surface area contributed by atoms with Gasteiger partial charge in [-0.25, -0.2) is 10.3 Å². The molecule has 0 aliphatic carbocycles. The van der Waals surface area contributed by atoms with Crippen molar-refractivity contribution < 1.29 is 39.3 Å². The molecule has 12 heteroatoms. The highest BCUT2D eigenvalue weighted by Gasteiger charge is 2.37. The van der Waals surface area contributed by atoms with E-state index in [1.807, 2.05) is 0 Å². The third-order valence-electron chi connectivity index (χ3n) is 6.27. The number of β-amino-alcohol motifs (C(OH)–C–C–N with tert-alkyl or cyclic N) is 1. The number of halogens is 1. The molecular weight excluding hydrogens is 518 g/mol. The number of carbonyl (C=O) groups excluding carboxylic acids is 3. The first-order chi connectivity index (χ1) is 18.0. The Bertz CT molecular complexity index is 1350. The van der Waals surface area contributed by atoms with E-state index in [0.717, 1.165) is 0 Å². The molecule has 0 radical (unpaired) electrons. The van der Waals surface area contributed by atoms with Gasteiger partial charge in [0.05, 0.1) is 25.2 Å². The van der Waals surface area contributed by atoms with Gasteiger partial charge in [-0.1, -0.05) is 11.6 Å². The smallest absolute Gasteiger partial charge is 0.326 e. The van der Waals surface area contributed by atoms with Crippen molar-refractivity contribution in [2.45, 2.75) is 38.8 Å². The number of amides is 2. The van der Waals surface area contributed by atoms with Crippen molar-refractivity contribution in [2.75, 3.05) is 13.7 Å². The molecule has 1 aromatic heterocycles. The molecule has 2 heterocycles. The molecule has 4 N–H and O–H groups in total. The van der Waals surface area contributed by atoms with E-state index in [2.05, 4.69) is 0 Å². The van der Waals surface area contributed by atoms with Crippen LogP contribution >= 0.6 is 11.6 Å². The zero-order valence-corrected chi connectivity index (χ0v) is 21.7. The molecule has 11 nitrogen and oxygen atoms in total. The average molecular weight is 546 g/mol. The van der Waals surface area contributed by atoms with Crippen LogP contribution < -0.4 is 10.2 Å². The molecule has 1 fully saturated rings. The van der Waals surface area contributed by atoms with E-state index in [1.54, 1.807) is 66.5 Å². The van der Waals surface area contributed by atoms with E-state index in [-0.39, 0.29) is 31.2 Å². The van der Waals surface area contributed by atoms with Gasteiger partial charge in [0.1, 0.15) is 11.8 Å². The maximum atomic E-state index is 13.1. The highest BCUT2D eigenvalue weighted by atomic mass is 35.5. The summed E-state index contributed by atoms with van der Waals surface area (Å²) >= 11 is 5.90. The lowest BCUT2D eigenvalue weighted by Crippen LogP contribution is -2.39. The average Bonchev–Trinajstić information content (AvgIpc) is 3.42. The summed E-state index contributed by atoms with van der Waals surface area (Å²) in [5, 5.41) is 27.9. The predicted molar refractivity (Wildman–Crippen MR) is 137 cm³/mol. The number of nitrogens with zero attached hydrogens (tertiary/aromatic N) is 2. The van der Waals surface area contributed by atoms with E-state index < -0.39 is 24.0 Å². The number of hydrogen-bond donors (Lipinski definition) is 4. The standard InChI is InChI=1S/C19H17ClN2O4.C7H11NO4/c1-11-15(10-18(23)21-25)16-9-14(26-2)7-8-17(16)22(11)19(24)12-3-5-13(20)6-4-12;1-4(9)8-3-5(10)2-6(8)7(11)12/h3-9,25H,10H2,1-2H3,(H,21,23);5-6,10H,2-3H2,1H3,(H,11,12)/t;5-,6+/m.1/s1. The van der Waals surface area contributed by atoms with Crippen LogP contribution in [0.1, 0.15) is 35.0 Å². The van der Waals surface area contributed by atoms with Crippen molar-refractivity contribution in [1.29, 1.82) is 0 Å². The number of hydroxylamine groups is 1. The quantitative estimate of drug-likeness (QED) is 0.281. The van der Waals surface area contributed by atoms with Gasteiger partial charge < -0.3 is 19.8 Å². The second-order valence-corrected chi connectivity index (χ2v) is 9.16. The van der Waals surface area contributed by atoms with E-state index in [0.29, 0.717) is 38.5 Å². The van der Waals surface area contributed by atoms with Gasteiger partial charge in [-0.3, -0.25) is 24.2 Å². The second-order valence-electron chi connectivity index (χ2n) is 8.72. The summed E-state index contributed by atoms with van der Waals surface area (Å²) in [7, 11) is 1.55. The van der Waals surface area contributed by atoms with Crippen LogP contribution in [0.25, 0.3) is 10.9 Å². The fourth-order valence-corrected chi connectivity index (χ4v) is 4.52. The number of aromatic nitrogens is 1. The van der Waals surface area contributed by atoms with E-state index in [9.17, 15) is 19.2 Å². The molecule has 0 saturated carbocycles. The number of fused-ring (bicyclic) bond motifs is 1. The molecule has 38 heavy (non-hydrogen) atoms. The number of methoxy groups -OCH3 is 1. The van der Waals surface area contributed by atoms with Crippen LogP contribution in [-0.2, 0) is 20.8 Å². The zero-order chi connectivity index (χ0) is 28.1. The molecule has 0 bridgehead atoms. The van der Waals surface area contributed by atoms with Gasteiger partial charge in [0, 0.05) is 41.6 Å². The molecule has 4 rings (SSSR count). The fraction of sp³-hybridized carbons (Fsp3) is 0.308. The Kier molecular flexibility index (Phi) is 9.10. The number of benzene rings is 2. The van der Waals surface area contributed by atoms with E-state index >= 15 is 0 Å². The lowest BCUT2D eigenvalue weighted by atomic mass is 10.1. The van der Waals surface area contributed by atoms with Crippen molar-refractivity contribution in [3.8, 4) is 5.75 Å². The van der Waals surface area contributed by atoms with Crippen LogP contribution in [0, 0.1) is 6.92 Å². The Morgan fingerprint density at radius 3 is 2.32 bits per heavy atom. The number of ether oxygens (including phenoxy) is 1. The first kappa shape index (κ1) is 28.6. The van der Waals surface area contributed by atoms with Gasteiger partial charge in [-0.15, -0.1) is 0 Å². The van der Waals surface area contributed by atoms with Crippen LogP contribution in [-0.4, -0.2) is 74.4 Å². The molecule has 202 valence electrons. The number of likely N-dealkylation sites (tertiary alicyclic amines) is 1. The first-order valence-corrected chi connectivity index (χ1v) is 12.0. The summed E-state index contributed by atoms with van der Waals surface area (Å²) in [6.07, 6.45) is -0.628. The minimum atomic E-state index is -1.05. The summed E-state index contributed by atoms with van der Waals surface area (Å²) in [6.45, 7) is 3.20. The number of carbonyl (C=O) groups is 4. The number of carboxylic acid groups (broad SMARTS) is 1. The highest BCUT2D eigenvalue weighted by molar-refractivity contribution is 6.30. The highest BCUT2D eigenvalue weighted by Crippen LogP contribution is 2.31. The number of nitrogens with one attached hydrogen (secondary N) is 1. The van der Waals surface area contributed by atoms with Gasteiger partial charge in [0.15, 0.2) is 0 Å². The Morgan fingerprint density at radius 1 is 1.13 bits per heavy atom. The van der Waals surface area contributed by atoms with Crippen LogP contribution in [0.3, 0.4) is 0 Å². The number of hydrogen-bond acceptors (Lipinski definition) is 7.